The zero-order valence-corrected chi connectivity index (χ0v) is 16.2. The third-order valence-electron chi connectivity index (χ3n) is 4.75. The number of aromatic amines is 1. The maximum Gasteiger partial charge on any atom is 0.250 e. The summed E-state index contributed by atoms with van der Waals surface area (Å²) in [4.78, 5) is 15.2. The maximum absolute atomic E-state index is 12.1. The highest BCUT2D eigenvalue weighted by molar-refractivity contribution is 7.79. The molecule has 6 nitrogen and oxygen atoms in total. The van der Waals surface area contributed by atoms with Crippen molar-refractivity contribution in [2.24, 2.45) is 5.73 Å². The molecule has 1 aromatic heterocycles. The Bertz CT molecular complexity index is 1200. The number of rotatable bonds is 6. The van der Waals surface area contributed by atoms with E-state index >= 15 is 0 Å². The number of carbonyl (C=O) groups is 1. The van der Waals surface area contributed by atoms with E-state index in [1.165, 1.54) is 0 Å². The molecule has 4 aromatic rings. The fourth-order valence-electron chi connectivity index (χ4n) is 3.37. The number of nitrogens with two attached hydrogens (primary N) is 1. The Hall–Kier alpha value is -3.42. The minimum Gasteiger partial charge on any atom is -0.771 e. The number of hydrogen-bond donors (Lipinski definition) is 3. The predicted molar refractivity (Wildman–Crippen MR) is 115 cm³/mol. The van der Waals surface area contributed by atoms with Crippen LogP contribution in [0.15, 0.2) is 72.9 Å². The second-order valence-corrected chi connectivity index (χ2v) is 7.48. The van der Waals surface area contributed by atoms with Crippen LogP contribution in [0.3, 0.4) is 0 Å². The highest BCUT2D eigenvalue weighted by atomic mass is 32.2. The Labute approximate surface area is 170 Å². The minimum absolute atomic E-state index is 0.144. The first-order valence-corrected chi connectivity index (χ1v) is 10.2. The van der Waals surface area contributed by atoms with Gasteiger partial charge < -0.3 is 20.6 Å². The fourth-order valence-corrected chi connectivity index (χ4v) is 3.66. The molecule has 1 unspecified atom stereocenters. The summed E-state index contributed by atoms with van der Waals surface area (Å²) >= 11 is -2.16. The molecule has 0 aliphatic carbocycles. The van der Waals surface area contributed by atoms with E-state index in [0.717, 1.165) is 27.6 Å². The van der Waals surface area contributed by atoms with Gasteiger partial charge in [-0.3, -0.25) is 9.00 Å². The Morgan fingerprint density at radius 1 is 1.00 bits per heavy atom. The molecule has 0 bridgehead atoms. The molecule has 146 valence electrons. The molecular formula is C22H18N3O3S-. The first-order chi connectivity index (χ1) is 14.0. The van der Waals surface area contributed by atoms with Crippen LogP contribution in [0, 0.1) is 0 Å². The second kappa shape index (κ2) is 7.90. The van der Waals surface area contributed by atoms with E-state index in [0.29, 0.717) is 16.8 Å². The van der Waals surface area contributed by atoms with Gasteiger partial charge in [0.25, 0.3) is 5.91 Å². The van der Waals surface area contributed by atoms with Crippen molar-refractivity contribution >= 4 is 33.6 Å². The van der Waals surface area contributed by atoms with Crippen LogP contribution in [0.5, 0.6) is 0 Å². The summed E-state index contributed by atoms with van der Waals surface area (Å²) < 4.78 is 21.4. The van der Waals surface area contributed by atoms with Gasteiger partial charge in [0, 0.05) is 22.8 Å². The number of H-pyrrole nitrogens is 1. The van der Waals surface area contributed by atoms with Crippen LogP contribution in [0.1, 0.15) is 10.4 Å². The summed E-state index contributed by atoms with van der Waals surface area (Å²) in [7, 11) is 0. The summed E-state index contributed by atoms with van der Waals surface area (Å²) in [6, 6.07) is 21.1. The van der Waals surface area contributed by atoms with Gasteiger partial charge in [-0.05, 0) is 52.0 Å². The predicted octanol–water partition coefficient (Wildman–Crippen LogP) is 3.85. The van der Waals surface area contributed by atoms with Crippen LogP contribution < -0.4 is 11.1 Å². The van der Waals surface area contributed by atoms with Crippen molar-refractivity contribution in [1.82, 2.24) is 4.98 Å². The van der Waals surface area contributed by atoms with Crippen molar-refractivity contribution in [2.75, 3.05) is 11.2 Å². The molecule has 0 saturated heterocycles. The molecule has 0 aliphatic rings. The van der Waals surface area contributed by atoms with Crippen molar-refractivity contribution in [2.45, 2.75) is 0 Å². The average Bonchev–Trinajstić information content (AvgIpc) is 3.16. The van der Waals surface area contributed by atoms with Crippen LogP contribution in [0.25, 0.3) is 33.2 Å². The van der Waals surface area contributed by atoms with Crippen LogP contribution in [0.4, 0.5) is 5.69 Å². The zero-order chi connectivity index (χ0) is 20.4. The smallest absolute Gasteiger partial charge is 0.250 e. The topological polar surface area (TPSA) is 111 Å². The van der Waals surface area contributed by atoms with E-state index in [4.69, 9.17) is 5.73 Å². The summed E-state index contributed by atoms with van der Waals surface area (Å²) in [5, 5.41) is 3.72. The van der Waals surface area contributed by atoms with Gasteiger partial charge in [-0.2, -0.15) is 0 Å². The second-order valence-electron chi connectivity index (χ2n) is 6.58. The lowest BCUT2D eigenvalue weighted by Gasteiger charge is -2.10. The van der Waals surface area contributed by atoms with Crippen LogP contribution >= 0.6 is 0 Å². The third kappa shape index (κ3) is 3.91. The summed E-state index contributed by atoms with van der Waals surface area (Å²) in [5.74, 6) is -0.638. The number of fused-ring (bicyclic) bond motifs is 1. The molecule has 0 aliphatic heterocycles. The van der Waals surface area contributed by atoms with Crippen LogP contribution in [-0.4, -0.2) is 25.5 Å². The summed E-state index contributed by atoms with van der Waals surface area (Å²) in [6.45, 7) is 0. The number of amides is 1. The van der Waals surface area contributed by atoms with Gasteiger partial charge in [-0.15, -0.1) is 0 Å². The highest BCUT2D eigenvalue weighted by Gasteiger charge is 2.15. The van der Waals surface area contributed by atoms with Crippen LogP contribution in [0.2, 0.25) is 0 Å². The zero-order valence-electron chi connectivity index (χ0n) is 15.3. The molecule has 4 rings (SSSR count). The highest BCUT2D eigenvalue weighted by Crippen LogP contribution is 2.34. The molecule has 0 saturated carbocycles. The Kier molecular flexibility index (Phi) is 5.16. The van der Waals surface area contributed by atoms with Gasteiger partial charge in [0.05, 0.1) is 17.0 Å². The Morgan fingerprint density at radius 3 is 2.38 bits per heavy atom. The largest absolute Gasteiger partial charge is 0.771 e. The van der Waals surface area contributed by atoms with Gasteiger partial charge in [0.2, 0.25) is 0 Å². The minimum atomic E-state index is -2.16. The molecular weight excluding hydrogens is 386 g/mol. The number of primary amides is 1. The van der Waals surface area contributed by atoms with Crippen molar-refractivity contribution < 1.29 is 13.6 Å². The van der Waals surface area contributed by atoms with Gasteiger partial charge in [0.1, 0.15) is 0 Å². The molecule has 3 aromatic carbocycles. The van der Waals surface area contributed by atoms with Crippen molar-refractivity contribution in [3.05, 3.63) is 78.5 Å². The Balaban J connectivity index is 1.80. The van der Waals surface area contributed by atoms with E-state index in [1.54, 1.807) is 6.07 Å². The van der Waals surface area contributed by atoms with Gasteiger partial charge in [-0.1, -0.05) is 42.5 Å². The fraction of sp³-hybridized carbons (Fsp3) is 0.0455. The van der Waals surface area contributed by atoms with Gasteiger partial charge in [-0.25, -0.2) is 0 Å². The van der Waals surface area contributed by atoms with E-state index in [-0.39, 0.29) is 5.88 Å². The maximum atomic E-state index is 12.1. The quantitative estimate of drug-likeness (QED) is 0.424. The number of benzene rings is 3. The number of nitrogens with one attached hydrogen (secondary N) is 2. The van der Waals surface area contributed by atoms with Gasteiger partial charge >= 0.3 is 0 Å². The first kappa shape index (κ1) is 18.9. The van der Waals surface area contributed by atoms with Crippen LogP contribution in [-0.2, 0) is 11.1 Å². The SMILES string of the molecule is NC(=O)c1cc(-c2ccccc2)cc2c(-c3ccc(NCS(=O)[O-])cc3)c[nH]c12. The van der Waals surface area contributed by atoms with E-state index in [9.17, 15) is 13.6 Å². The summed E-state index contributed by atoms with van der Waals surface area (Å²) in [6.07, 6.45) is 1.85. The number of carbonyl (C=O) groups excluding carboxylic acids is 1. The van der Waals surface area contributed by atoms with E-state index in [2.05, 4.69) is 10.3 Å². The first-order valence-electron chi connectivity index (χ1n) is 8.93. The molecule has 1 atom stereocenters. The standard InChI is InChI=1S/C22H19N3O3S/c23-22(26)19-11-16(14-4-2-1-3-5-14)10-18-20(12-24-21(18)19)15-6-8-17(9-7-15)25-13-29(27)28/h1-12,24-25H,13H2,(H2,23,26)(H,27,28)/p-1. The van der Waals surface area contributed by atoms with Crippen molar-refractivity contribution in [3.8, 4) is 22.3 Å². The molecule has 7 heteroatoms. The molecule has 0 spiro atoms. The number of aromatic nitrogens is 1. The lowest BCUT2D eigenvalue weighted by molar-refractivity contribution is 0.100. The third-order valence-corrected chi connectivity index (χ3v) is 5.13. The Morgan fingerprint density at radius 2 is 1.72 bits per heavy atom. The monoisotopic (exact) mass is 404 g/mol. The number of hydrogen-bond acceptors (Lipinski definition) is 4. The lowest BCUT2D eigenvalue weighted by atomic mass is 9.96. The van der Waals surface area contributed by atoms with E-state index < -0.39 is 17.0 Å². The van der Waals surface area contributed by atoms with Crippen molar-refractivity contribution in [3.63, 3.8) is 0 Å². The van der Waals surface area contributed by atoms with Gasteiger partial charge in [0.15, 0.2) is 0 Å². The molecule has 4 N–H and O–H groups in total. The van der Waals surface area contributed by atoms with Crippen molar-refractivity contribution in [1.29, 1.82) is 0 Å². The molecule has 29 heavy (non-hydrogen) atoms. The lowest BCUT2D eigenvalue weighted by Crippen LogP contribution is -2.11. The number of anilines is 1. The van der Waals surface area contributed by atoms with E-state index in [1.807, 2.05) is 66.9 Å². The molecule has 1 amide bonds. The molecule has 0 fully saturated rings. The summed E-state index contributed by atoms with van der Waals surface area (Å²) in [5.41, 5.74) is 11.2. The molecule has 0 radical (unpaired) electrons. The molecule has 1 heterocycles. The average molecular weight is 404 g/mol. The normalized spacial score (nSPS) is 12.0.